The van der Waals surface area contributed by atoms with E-state index >= 15 is 0 Å². The number of methoxy groups -OCH3 is 1. The van der Waals surface area contributed by atoms with Crippen LogP contribution in [-0.2, 0) is 14.3 Å². The highest BCUT2D eigenvalue weighted by Gasteiger charge is 2.19. The lowest BCUT2D eigenvalue weighted by molar-refractivity contribution is -0.145. The molecule has 0 fully saturated rings. The van der Waals surface area contributed by atoms with Gasteiger partial charge in [0.2, 0.25) is 5.91 Å². The number of rotatable bonds is 5. The van der Waals surface area contributed by atoms with Gasteiger partial charge in [0.05, 0.1) is 32.0 Å². The van der Waals surface area contributed by atoms with Crippen LogP contribution in [0.25, 0.3) is 6.08 Å². The molecule has 0 aromatic heterocycles. The van der Waals surface area contributed by atoms with Crippen molar-refractivity contribution in [3.63, 3.8) is 0 Å². The smallest absolute Gasteiger partial charge is 0.330 e. The summed E-state index contributed by atoms with van der Waals surface area (Å²) < 4.78 is 15.6. The molecule has 7 nitrogen and oxygen atoms in total. The molecule has 0 unspecified atom stereocenters. The van der Waals surface area contributed by atoms with Crippen LogP contribution < -0.4 is 14.8 Å². The molecule has 1 aliphatic rings. The van der Waals surface area contributed by atoms with Crippen molar-refractivity contribution in [3.8, 4) is 11.5 Å². The predicted molar refractivity (Wildman–Crippen MR) is 87.1 cm³/mol. The topological polar surface area (TPSA) is 94.1 Å². The Balaban J connectivity index is 2.08. The third-order valence-electron chi connectivity index (χ3n) is 3.24. The number of benzene rings is 1. The Morgan fingerprint density at radius 1 is 1.42 bits per heavy atom. The number of carbonyl (C=O) groups is 2. The van der Waals surface area contributed by atoms with Crippen molar-refractivity contribution in [2.45, 2.75) is 12.5 Å². The van der Waals surface area contributed by atoms with Crippen LogP contribution >= 0.6 is 11.6 Å². The van der Waals surface area contributed by atoms with E-state index < -0.39 is 24.5 Å². The maximum Gasteiger partial charge on any atom is 0.330 e. The van der Waals surface area contributed by atoms with Crippen LogP contribution in [0.5, 0.6) is 11.5 Å². The number of hydrogen-bond acceptors (Lipinski definition) is 6. The molecule has 1 aromatic carbocycles. The van der Waals surface area contributed by atoms with E-state index in [1.165, 1.54) is 19.3 Å². The van der Waals surface area contributed by atoms with E-state index in [9.17, 15) is 9.59 Å². The Bertz CT molecular complexity index is 646. The molecule has 0 radical (unpaired) electrons. The Kier molecular flexibility index (Phi) is 6.45. The maximum absolute atomic E-state index is 11.8. The summed E-state index contributed by atoms with van der Waals surface area (Å²) >= 11 is 6.17. The van der Waals surface area contributed by atoms with Gasteiger partial charge in [-0.25, -0.2) is 4.79 Å². The summed E-state index contributed by atoms with van der Waals surface area (Å²) in [6.07, 6.45) is 3.50. The normalized spacial score (nSPS) is 14.8. The van der Waals surface area contributed by atoms with Crippen molar-refractivity contribution >= 4 is 29.6 Å². The molecule has 0 spiro atoms. The standard InChI is InChI=1S/C16H18ClNO6/c1-22-16(21)12(9-19)18-14(20)4-3-10-7-11(17)15-13(8-10)23-5-2-6-24-15/h3-4,7-8,12,19H,2,5-6,9H2,1H3,(H,18,20)/b4-3+/t12-/m1/s1. The summed E-state index contributed by atoms with van der Waals surface area (Å²) in [6.45, 7) is 0.497. The molecule has 0 saturated heterocycles. The maximum atomic E-state index is 11.8. The summed E-state index contributed by atoms with van der Waals surface area (Å²) in [6, 6.07) is 2.24. The van der Waals surface area contributed by atoms with Gasteiger partial charge in [-0.15, -0.1) is 0 Å². The Hall–Kier alpha value is -2.25. The number of nitrogens with one attached hydrogen (secondary N) is 1. The van der Waals surface area contributed by atoms with E-state index in [0.717, 1.165) is 6.42 Å². The van der Waals surface area contributed by atoms with Gasteiger partial charge in [0.25, 0.3) is 0 Å². The minimum absolute atomic E-state index is 0.386. The van der Waals surface area contributed by atoms with Crippen LogP contribution in [0.4, 0.5) is 0 Å². The van der Waals surface area contributed by atoms with Gasteiger partial charge >= 0.3 is 5.97 Å². The molecular weight excluding hydrogens is 338 g/mol. The third-order valence-corrected chi connectivity index (χ3v) is 3.52. The van der Waals surface area contributed by atoms with Crippen LogP contribution in [0.2, 0.25) is 5.02 Å². The first kappa shape index (κ1) is 18.1. The number of carbonyl (C=O) groups excluding carboxylic acids is 2. The zero-order valence-electron chi connectivity index (χ0n) is 13.1. The van der Waals surface area contributed by atoms with Crippen molar-refractivity contribution < 1.29 is 28.9 Å². The van der Waals surface area contributed by atoms with E-state index in [1.807, 2.05) is 0 Å². The second-order valence-corrected chi connectivity index (χ2v) is 5.39. The number of amides is 1. The van der Waals surface area contributed by atoms with Gasteiger partial charge in [0.15, 0.2) is 17.5 Å². The molecule has 8 heteroatoms. The molecule has 0 aliphatic carbocycles. The van der Waals surface area contributed by atoms with Gasteiger partial charge in [-0.2, -0.15) is 0 Å². The van der Waals surface area contributed by atoms with Crippen LogP contribution in [0, 0.1) is 0 Å². The van der Waals surface area contributed by atoms with Crippen molar-refractivity contribution in [1.29, 1.82) is 0 Å². The lowest BCUT2D eigenvalue weighted by atomic mass is 10.2. The van der Waals surface area contributed by atoms with Crippen LogP contribution in [0.1, 0.15) is 12.0 Å². The van der Waals surface area contributed by atoms with E-state index in [4.69, 9.17) is 26.2 Å². The quantitative estimate of drug-likeness (QED) is 0.608. The Labute approximate surface area is 144 Å². The molecule has 1 amide bonds. The highest BCUT2D eigenvalue weighted by molar-refractivity contribution is 6.32. The first-order chi connectivity index (χ1) is 11.5. The molecule has 0 saturated carbocycles. The molecule has 2 rings (SSSR count). The summed E-state index contributed by atoms with van der Waals surface area (Å²) in [5.74, 6) is -0.273. The first-order valence-electron chi connectivity index (χ1n) is 7.31. The van der Waals surface area contributed by atoms with Gasteiger partial charge in [0.1, 0.15) is 0 Å². The van der Waals surface area contributed by atoms with E-state index in [2.05, 4.69) is 10.1 Å². The Morgan fingerprint density at radius 3 is 2.88 bits per heavy atom. The van der Waals surface area contributed by atoms with Crippen LogP contribution in [0.3, 0.4) is 0 Å². The highest BCUT2D eigenvalue weighted by atomic mass is 35.5. The van der Waals surface area contributed by atoms with E-state index in [-0.39, 0.29) is 0 Å². The van der Waals surface area contributed by atoms with Gasteiger partial charge in [0, 0.05) is 12.5 Å². The SMILES string of the molecule is COC(=O)[C@@H](CO)NC(=O)/C=C/c1cc(Cl)c2c(c1)OCCCO2. The second-order valence-electron chi connectivity index (χ2n) is 4.98. The van der Waals surface area contributed by atoms with Gasteiger partial charge in [-0.05, 0) is 23.8 Å². The average Bonchev–Trinajstić information content (AvgIpc) is 2.83. The fourth-order valence-electron chi connectivity index (χ4n) is 2.06. The van der Waals surface area contributed by atoms with Crippen molar-refractivity contribution in [2.75, 3.05) is 26.9 Å². The van der Waals surface area contributed by atoms with Crippen molar-refractivity contribution in [2.24, 2.45) is 0 Å². The van der Waals surface area contributed by atoms with Crippen LogP contribution in [0.15, 0.2) is 18.2 Å². The van der Waals surface area contributed by atoms with E-state index in [1.54, 1.807) is 12.1 Å². The molecule has 2 N–H and O–H groups in total. The lowest BCUT2D eigenvalue weighted by Crippen LogP contribution is -2.43. The molecule has 24 heavy (non-hydrogen) atoms. The Morgan fingerprint density at radius 2 is 2.17 bits per heavy atom. The molecule has 0 bridgehead atoms. The monoisotopic (exact) mass is 355 g/mol. The van der Waals surface area contributed by atoms with Gasteiger partial charge in [-0.1, -0.05) is 11.6 Å². The second kappa shape index (κ2) is 8.56. The van der Waals surface area contributed by atoms with Crippen molar-refractivity contribution in [3.05, 3.63) is 28.8 Å². The molecule has 130 valence electrons. The fraction of sp³-hybridized carbons (Fsp3) is 0.375. The number of hydrogen-bond donors (Lipinski definition) is 2. The van der Waals surface area contributed by atoms with Gasteiger partial charge in [-0.3, -0.25) is 4.79 Å². The average molecular weight is 356 g/mol. The summed E-state index contributed by atoms with van der Waals surface area (Å²) in [7, 11) is 1.17. The number of halogens is 1. The highest BCUT2D eigenvalue weighted by Crippen LogP contribution is 2.38. The largest absolute Gasteiger partial charge is 0.489 e. The molecule has 1 atom stereocenters. The first-order valence-corrected chi connectivity index (χ1v) is 7.69. The summed E-state index contributed by atoms with van der Waals surface area (Å²) in [4.78, 5) is 23.2. The predicted octanol–water partition coefficient (Wildman–Crippen LogP) is 1.16. The number of ether oxygens (including phenoxy) is 3. The molecule has 1 heterocycles. The number of esters is 1. The summed E-state index contributed by atoms with van der Waals surface area (Å²) in [5, 5.41) is 11.8. The zero-order chi connectivity index (χ0) is 17.5. The zero-order valence-corrected chi connectivity index (χ0v) is 13.8. The number of aliphatic hydroxyl groups excluding tert-OH is 1. The van der Waals surface area contributed by atoms with Crippen molar-refractivity contribution in [1.82, 2.24) is 5.32 Å². The number of fused-ring (bicyclic) bond motifs is 1. The fourth-order valence-corrected chi connectivity index (χ4v) is 2.33. The summed E-state index contributed by atoms with van der Waals surface area (Å²) in [5.41, 5.74) is 0.637. The van der Waals surface area contributed by atoms with E-state index in [0.29, 0.717) is 35.3 Å². The third kappa shape index (κ3) is 4.62. The molecule has 1 aromatic rings. The van der Waals surface area contributed by atoms with Gasteiger partial charge < -0.3 is 24.6 Å². The minimum Gasteiger partial charge on any atom is -0.489 e. The molecule has 1 aliphatic heterocycles. The minimum atomic E-state index is -1.11. The van der Waals surface area contributed by atoms with Crippen LogP contribution in [-0.4, -0.2) is 50.0 Å². The lowest BCUT2D eigenvalue weighted by Gasteiger charge is -2.12. The molecular formula is C16H18ClNO6. The number of aliphatic hydroxyl groups is 1.